The minimum atomic E-state index is -0.170. The van der Waals surface area contributed by atoms with Crippen LogP contribution < -0.4 is 10.6 Å². The Bertz CT molecular complexity index is 967. The van der Waals surface area contributed by atoms with Crippen molar-refractivity contribution in [3.8, 4) is 0 Å². The standard InChI is InChI=1S/C17H18N6O2S/c1-10-8-11(2)23-16(19-10)21-22-17(23)26-9-14(24)20-13-6-4-12(5-7-13)15(25)18-3/h4-8H,9H2,1-3H3,(H,18,25)(H,20,24). The molecular weight excluding hydrogens is 352 g/mol. The number of thioether (sulfide) groups is 1. The Morgan fingerprint density at radius 1 is 1.15 bits per heavy atom. The van der Waals surface area contributed by atoms with Crippen LogP contribution in [0, 0.1) is 13.8 Å². The third-order valence-corrected chi connectivity index (χ3v) is 4.58. The molecule has 1 aromatic carbocycles. The van der Waals surface area contributed by atoms with Gasteiger partial charge in [0.15, 0.2) is 5.16 Å². The summed E-state index contributed by atoms with van der Waals surface area (Å²) in [6.45, 7) is 3.85. The number of amides is 2. The Balaban J connectivity index is 1.63. The Kier molecular flexibility index (Phi) is 5.17. The first kappa shape index (κ1) is 17.9. The molecule has 26 heavy (non-hydrogen) atoms. The summed E-state index contributed by atoms with van der Waals surface area (Å²) in [4.78, 5) is 28.0. The highest BCUT2D eigenvalue weighted by Crippen LogP contribution is 2.19. The van der Waals surface area contributed by atoms with Crippen LogP contribution in [0.4, 0.5) is 5.69 Å². The number of carbonyl (C=O) groups is 2. The quantitative estimate of drug-likeness (QED) is 0.665. The van der Waals surface area contributed by atoms with Crippen molar-refractivity contribution < 1.29 is 9.59 Å². The van der Waals surface area contributed by atoms with E-state index in [0.29, 0.717) is 22.2 Å². The van der Waals surface area contributed by atoms with Crippen LogP contribution in [-0.2, 0) is 4.79 Å². The number of fused-ring (bicyclic) bond motifs is 1. The van der Waals surface area contributed by atoms with Crippen molar-refractivity contribution >= 4 is 35.0 Å². The number of aromatic nitrogens is 4. The first-order valence-electron chi connectivity index (χ1n) is 7.92. The van der Waals surface area contributed by atoms with Gasteiger partial charge in [-0.1, -0.05) is 11.8 Å². The summed E-state index contributed by atoms with van der Waals surface area (Å²) in [6.07, 6.45) is 0. The minimum Gasteiger partial charge on any atom is -0.355 e. The number of hydrogen-bond acceptors (Lipinski definition) is 6. The molecule has 0 radical (unpaired) electrons. The van der Waals surface area contributed by atoms with E-state index in [4.69, 9.17) is 0 Å². The molecule has 2 aromatic heterocycles. The van der Waals surface area contributed by atoms with Crippen LogP contribution in [0.25, 0.3) is 5.78 Å². The van der Waals surface area contributed by atoms with Crippen molar-refractivity contribution in [2.75, 3.05) is 18.1 Å². The molecule has 8 nitrogen and oxygen atoms in total. The fourth-order valence-corrected chi connectivity index (χ4v) is 3.26. The molecule has 0 fully saturated rings. The molecule has 9 heteroatoms. The van der Waals surface area contributed by atoms with E-state index in [1.54, 1.807) is 31.3 Å². The topological polar surface area (TPSA) is 101 Å². The van der Waals surface area contributed by atoms with E-state index in [0.717, 1.165) is 11.4 Å². The monoisotopic (exact) mass is 370 g/mol. The zero-order valence-corrected chi connectivity index (χ0v) is 15.4. The molecule has 134 valence electrons. The van der Waals surface area contributed by atoms with E-state index >= 15 is 0 Å². The second-order valence-electron chi connectivity index (χ2n) is 5.65. The first-order valence-corrected chi connectivity index (χ1v) is 8.90. The summed E-state index contributed by atoms with van der Waals surface area (Å²) in [7, 11) is 1.57. The highest BCUT2D eigenvalue weighted by molar-refractivity contribution is 7.99. The molecule has 0 unspecified atom stereocenters. The number of rotatable bonds is 5. The molecule has 0 aliphatic rings. The highest BCUT2D eigenvalue weighted by atomic mass is 32.2. The Morgan fingerprint density at radius 3 is 2.58 bits per heavy atom. The molecule has 0 atom stereocenters. The van der Waals surface area contributed by atoms with Crippen LogP contribution in [0.15, 0.2) is 35.5 Å². The fraction of sp³-hybridized carbons (Fsp3) is 0.235. The summed E-state index contributed by atoms with van der Waals surface area (Å²) in [6, 6.07) is 8.64. The largest absolute Gasteiger partial charge is 0.355 e. The summed E-state index contributed by atoms with van der Waals surface area (Å²) in [5.74, 6) is 0.370. The predicted molar refractivity (Wildman–Crippen MR) is 99.4 cm³/mol. The third kappa shape index (κ3) is 3.83. The van der Waals surface area contributed by atoms with E-state index in [2.05, 4.69) is 25.8 Å². The van der Waals surface area contributed by atoms with Gasteiger partial charge in [0.1, 0.15) is 0 Å². The molecule has 3 aromatic rings. The second kappa shape index (κ2) is 7.52. The molecule has 3 rings (SSSR count). The van der Waals surface area contributed by atoms with Gasteiger partial charge in [0.25, 0.3) is 11.7 Å². The minimum absolute atomic E-state index is 0.169. The van der Waals surface area contributed by atoms with Crippen LogP contribution in [0.5, 0.6) is 0 Å². The number of nitrogens with zero attached hydrogens (tertiary/aromatic N) is 4. The fourth-order valence-electron chi connectivity index (χ4n) is 2.47. The zero-order valence-electron chi connectivity index (χ0n) is 14.6. The molecule has 0 aliphatic heterocycles. The molecule has 0 aliphatic carbocycles. The average molecular weight is 370 g/mol. The lowest BCUT2D eigenvalue weighted by Crippen LogP contribution is -2.18. The van der Waals surface area contributed by atoms with Gasteiger partial charge >= 0.3 is 0 Å². The SMILES string of the molecule is CNC(=O)c1ccc(NC(=O)CSc2nnc3nc(C)cc(C)n23)cc1. The molecule has 2 heterocycles. The van der Waals surface area contributed by atoms with Gasteiger partial charge in [0.2, 0.25) is 5.91 Å². The number of aryl methyl sites for hydroxylation is 2. The lowest BCUT2D eigenvalue weighted by molar-refractivity contribution is -0.113. The van der Waals surface area contributed by atoms with Crippen molar-refractivity contribution in [2.45, 2.75) is 19.0 Å². The first-order chi connectivity index (χ1) is 12.5. The van der Waals surface area contributed by atoms with Crippen LogP contribution in [0.2, 0.25) is 0 Å². The molecule has 2 amide bonds. The number of anilines is 1. The van der Waals surface area contributed by atoms with E-state index in [-0.39, 0.29) is 17.6 Å². The summed E-state index contributed by atoms with van der Waals surface area (Å²) < 4.78 is 1.82. The lowest BCUT2D eigenvalue weighted by atomic mass is 10.2. The van der Waals surface area contributed by atoms with Gasteiger partial charge in [0.05, 0.1) is 5.75 Å². The van der Waals surface area contributed by atoms with Crippen molar-refractivity contribution in [2.24, 2.45) is 0 Å². The van der Waals surface area contributed by atoms with Crippen molar-refractivity contribution in [1.29, 1.82) is 0 Å². The van der Waals surface area contributed by atoms with Gasteiger partial charge in [-0.15, -0.1) is 10.2 Å². The maximum Gasteiger partial charge on any atom is 0.256 e. The van der Waals surface area contributed by atoms with E-state index in [1.807, 2.05) is 24.3 Å². The summed E-state index contributed by atoms with van der Waals surface area (Å²) >= 11 is 1.29. The van der Waals surface area contributed by atoms with Gasteiger partial charge in [-0.2, -0.15) is 0 Å². The van der Waals surface area contributed by atoms with Crippen molar-refractivity contribution in [3.63, 3.8) is 0 Å². The lowest BCUT2D eigenvalue weighted by Gasteiger charge is -2.06. The molecule has 0 saturated heterocycles. The molecule has 0 spiro atoms. The van der Waals surface area contributed by atoms with E-state index in [1.165, 1.54) is 11.8 Å². The predicted octanol–water partition coefficient (Wildman–Crippen LogP) is 1.83. The maximum absolute atomic E-state index is 12.2. The molecule has 0 saturated carbocycles. The molecular formula is C17H18N6O2S. The number of hydrogen-bond donors (Lipinski definition) is 2. The van der Waals surface area contributed by atoms with Gasteiger partial charge < -0.3 is 10.6 Å². The van der Waals surface area contributed by atoms with Gasteiger partial charge in [0, 0.05) is 29.7 Å². The Labute approximate surface area is 154 Å². The van der Waals surface area contributed by atoms with Crippen molar-refractivity contribution in [1.82, 2.24) is 24.9 Å². The highest BCUT2D eigenvalue weighted by Gasteiger charge is 2.12. The normalized spacial score (nSPS) is 10.7. The smallest absolute Gasteiger partial charge is 0.256 e. The van der Waals surface area contributed by atoms with Crippen LogP contribution in [-0.4, -0.2) is 44.2 Å². The van der Waals surface area contributed by atoms with Crippen LogP contribution >= 0.6 is 11.8 Å². The van der Waals surface area contributed by atoms with Crippen LogP contribution in [0.1, 0.15) is 21.7 Å². The Morgan fingerprint density at radius 2 is 1.88 bits per heavy atom. The van der Waals surface area contributed by atoms with Crippen molar-refractivity contribution in [3.05, 3.63) is 47.3 Å². The molecule has 0 bridgehead atoms. The number of carbonyl (C=O) groups excluding carboxylic acids is 2. The van der Waals surface area contributed by atoms with Crippen LogP contribution in [0.3, 0.4) is 0 Å². The van der Waals surface area contributed by atoms with Gasteiger partial charge in [-0.05, 0) is 44.2 Å². The average Bonchev–Trinajstić information content (AvgIpc) is 3.03. The second-order valence-corrected chi connectivity index (χ2v) is 6.59. The Hall–Kier alpha value is -2.94. The van der Waals surface area contributed by atoms with E-state index < -0.39 is 0 Å². The zero-order chi connectivity index (χ0) is 18.7. The summed E-state index contributed by atoms with van der Waals surface area (Å²) in [5.41, 5.74) is 3.00. The third-order valence-electron chi connectivity index (χ3n) is 3.65. The van der Waals surface area contributed by atoms with Gasteiger partial charge in [-0.3, -0.25) is 14.0 Å². The number of nitrogens with one attached hydrogen (secondary N) is 2. The number of benzene rings is 1. The summed E-state index contributed by atoms with van der Waals surface area (Å²) in [5, 5.41) is 14.1. The van der Waals surface area contributed by atoms with Gasteiger partial charge in [-0.25, -0.2) is 4.98 Å². The molecule has 2 N–H and O–H groups in total. The maximum atomic E-state index is 12.2. The van der Waals surface area contributed by atoms with E-state index in [9.17, 15) is 9.59 Å².